The third kappa shape index (κ3) is 2.69. The summed E-state index contributed by atoms with van der Waals surface area (Å²) in [7, 11) is 0. The van der Waals surface area contributed by atoms with Crippen LogP contribution in [-0.2, 0) is 0 Å². The monoisotopic (exact) mass is 341 g/mol. The quantitative estimate of drug-likeness (QED) is 0.719. The molecular weight excluding hydrogens is 322 g/mol. The molecule has 0 N–H and O–H groups in total. The highest BCUT2D eigenvalue weighted by Gasteiger charge is 2.27. The fourth-order valence-corrected chi connectivity index (χ4v) is 4.22. The maximum atomic E-state index is 12.9. The second kappa shape index (κ2) is 5.98. The number of carbonyl (C=O) groups excluding carboxylic acids is 1. The number of thiazole rings is 1. The minimum absolute atomic E-state index is 0.0697. The van der Waals surface area contributed by atoms with Gasteiger partial charge in [0.25, 0.3) is 5.91 Å². The second-order valence-electron chi connectivity index (χ2n) is 6.30. The first-order chi connectivity index (χ1) is 11.6. The van der Waals surface area contributed by atoms with Crippen molar-refractivity contribution in [3.63, 3.8) is 0 Å². The van der Waals surface area contributed by atoms with Gasteiger partial charge in [0.1, 0.15) is 6.33 Å². The zero-order chi connectivity index (χ0) is 16.7. The Morgan fingerprint density at radius 3 is 3.00 bits per heavy atom. The van der Waals surface area contributed by atoms with Gasteiger partial charge in [-0.15, -0.1) is 21.5 Å². The number of carbonyl (C=O) groups is 1. The Kier molecular flexibility index (Phi) is 3.80. The van der Waals surface area contributed by atoms with Crippen molar-refractivity contribution in [2.45, 2.75) is 32.6 Å². The Bertz CT molecular complexity index is 880. The zero-order valence-electron chi connectivity index (χ0n) is 13.8. The highest BCUT2D eigenvalue weighted by Crippen LogP contribution is 2.31. The van der Waals surface area contributed by atoms with Gasteiger partial charge in [0, 0.05) is 30.1 Å². The van der Waals surface area contributed by atoms with Crippen LogP contribution in [0, 0.1) is 13.8 Å². The number of fused-ring (bicyclic) bond motifs is 1. The number of hydrogen-bond donors (Lipinski definition) is 0. The summed E-state index contributed by atoms with van der Waals surface area (Å²) < 4.78 is 1.78. The van der Waals surface area contributed by atoms with E-state index in [0.29, 0.717) is 11.5 Å². The number of aromatic nitrogens is 4. The molecule has 1 amide bonds. The number of pyridine rings is 1. The summed E-state index contributed by atoms with van der Waals surface area (Å²) in [6, 6.07) is 3.66. The molecular formula is C17H19N5OS. The van der Waals surface area contributed by atoms with Crippen LogP contribution < -0.4 is 0 Å². The molecule has 1 saturated heterocycles. The summed E-state index contributed by atoms with van der Waals surface area (Å²) in [5.74, 6) is 0.416. The number of amides is 1. The molecule has 3 aromatic rings. The number of piperidine rings is 1. The number of aryl methyl sites for hydroxylation is 2. The van der Waals surface area contributed by atoms with Gasteiger partial charge in [-0.3, -0.25) is 9.20 Å². The molecule has 3 aromatic heterocycles. The van der Waals surface area contributed by atoms with Gasteiger partial charge in [0.2, 0.25) is 0 Å². The van der Waals surface area contributed by atoms with Crippen LogP contribution in [0.15, 0.2) is 24.7 Å². The van der Waals surface area contributed by atoms with Crippen molar-refractivity contribution in [1.82, 2.24) is 24.5 Å². The Morgan fingerprint density at radius 2 is 2.21 bits per heavy atom. The van der Waals surface area contributed by atoms with Crippen molar-refractivity contribution in [3.05, 3.63) is 45.8 Å². The summed E-state index contributed by atoms with van der Waals surface area (Å²) in [4.78, 5) is 20.8. The third-order valence-corrected chi connectivity index (χ3v) is 5.88. The SMILES string of the molecule is Cc1nc([C@H]2CCCN(C(=O)c3ccc4nncn4c3)C2)sc1C. The minimum Gasteiger partial charge on any atom is -0.338 e. The van der Waals surface area contributed by atoms with Crippen LogP contribution in [0.5, 0.6) is 0 Å². The van der Waals surface area contributed by atoms with Gasteiger partial charge in [-0.1, -0.05) is 0 Å². The maximum absolute atomic E-state index is 12.9. The number of likely N-dealkylation sites (tertiary alicyclic amines) is 1. The van der Waals surface area contributed by atoms with E-state index in [2.05, 4.69) is 24.0 Å². The van der Waals surface area contributed by atoms with Crippen molar-refractivity contribution >= 4 is 22.9 Å². The van der Waals surface area contributed by atoms with Crippen LogP contribution in [0.1, 0.15) is 44.7 Å². The van der Waals surface area contributed by atoms with Crippen molar-refractivity contribution < 1.29 is 4.79 Å². The van der Waals surface area contributed by atoms with E-state index in [1.165, 1.54) is 4.88 Å². The van der Waals surface area contributed by atoms with E-state index in [9.17, 15) is 4.79 Å². The summed E-state index contributed by atoms with van der Waals surface area (Å²) >= 11 is 1.76. The average Bonchev–Trinajstić information content (AvgIpc) is 3.20. The van der Waals surface area contributed by atoms with Crippen molar-refractivity contribution in [2.24, 2.45) is 0 Å². The molecule has 0 saturated carbocycles. The third-order valence-electron chi connectivity index (χ3n) is 4.64. The fourth-order valence-electron chi connectivity index (χ4n) is 3.17. The Morgan fingerprint density at radius 1 is 1.33 bits per heavy atom. The number of hydrogen-bond acceptors (Lipinski definition) is 5. The van der Waals surface area contributed by atoms with Gasteiger partial charge in [-0.25, -0.2) is 4.98 Å². The van der Waals surface area contributed by atoms with Crippen LogP contribution in [0.25, 0.3) is 5.65 Å². The predicted molar refractivity (Wildman–Crippen MR) is 92.5 cm³/mol. The van der Waals surface area contributed by atoms with Gasteiger partial charge in [0.15, 0.2) is 5.65 Å². The summed E-state index contributed by atoms with van der Waals surface area (Å²) in [6.07, 6.45) is 5.54. The summed E-state index contributed by atoms with van der Waals surface area (Å²) in [5, 5.41) is 9.00. The van der Waals surface area contributed by atoms with E-state index >= 15 is 0 Å². The summed E-state index contributed by atoms with van der Waals surface area (Å²) in [6.45, 7) is 5.70. The standard InChI is InChI=1S/C17H19N5OS/c1-11-12(2)24-16(19-11)13-4-3-7-21(8-13)17(23)14-5-6-15-20-18-10-22(15)9-14/h5-6,9-10,13H,3-4,7-8H2,1-2H3/t13-/m0/s1. The van der Waals surface area contributed by atoms with Gasteiger partial charge < -0.3 is 4.90 Å². The van der Waals surface area contributed by atoms with Crippen molar-refractivity contribution in [3.8, 4) is 0 Å². The number of nitrogens with zero attached hydrogens (tertiary/aromatic N) is 5. The number of rotatable bonds is 2. The molecule has 0 aliphatic carbocycles. The lowest BCUT2D eigenvalue weighted by molar-refractivity contribution is 0.0706. The van der Waals surface area contributed by atoms with Crippen LogP contribution in [0.3, 0.4) is 0 Å². The highest BCUT2D eigenvalue weighted by atomic mass is 32.1. The van der Waals surface area contributed by atoms with Crippen LogP contribution >= 0.6 is 11.3 Å². The first kappa shape index (κ1) is 15.3. The Balaban J connectivity index is 1.55. The molecule has 4 rings (SSSR count). The lowest BCUT2D eigenvalue weighted by Gasteiger charge is -2.32. The molecule has 0 bridgehead atoms. The van der Waals surface area contributed by atoms with Crippen LogP contribution in [-0.4, -0.2) is 43.5 Å². The molecule has 124 valence electrons. The van der Waals surface area contributed by atoms with Crippen LogP contribution in [0.4, 0.5) is 0 Å². The molecule has 1 fully saturated rings. The van der Waals surface area contributed by atoms with E-state index in [1.54, 1.807) is 28.3 Å². The smallest absolute Gasteiger partial charge is 0.255 e. The van der Waals surface area contributed by atoms with Gasteiger partial charge in [-0.05, 0) is 38.8 Å². The molecule has 1 aliphatic rings. The second-order valence-corrected chi connectivity index (χ2v) is 7.53. The van der Waals surface area contributed by atoms with E-state index in [-0.39, 0.29) is 5.91 Å². The van der Waals surface area contributed by atoms with E-state index < -0.39 is 0 Å². The molecule has 0 radical (unpaired) electrons. The predicted octanol–water partition coefficient (Wildman–Crippen LogP) is 2.82. The first-order valence-electron chi connectivity index (χ1n) is 8.14. The van der Waals surface area contributed by atoms with Gasteiger partial charge >= 0.3 is 0 Å². The molecule has 0 aromatic carbocycles. The average molecular weight is 341 g/mol. The molecule has 24 heavy (non-hydrogen) atoms. The van der Waals surface area contributed by atoms with Crippen LogP contribution in [0.2, 0.25) is 0 Å². The Hall–Kier alpha value is -2.28. The van der Waals surface area contributed by atoms with Crippen molar-refractivity contribution in [1.29, 1.82) is 0 Å². The van der Waals surface area contributed by atoms with E-state index in [4.69, 9.17) is 4.98 Å². The molecule has 7 heteroatoms. The first-order valence-corrected chi connectivity index (χ1v) is 8.96. The minimum atomic E-state index is 0.0697. The normalized spacial score (nSPS) is 18.2. The molecule has 0 spiro atoms. The zero-order valence-corrected chi connectivity index (χ0v) is 14.6. The topological polar surface area (TPSA) is 63.4 Å². The lowest BCUT2D eigenvalue weighted by atomic mass is 9.98. The summed E-state index contributed by atoms with van der Waals surface area (Å²) in [5.41, 5.74) is 2.53. The van der Waals surface area contributed by atoms with Gasteiger partial charge in [0.05, 0.1) is 16.3 Å². The Labute approximate surface area is 144 Å². The molecule has 1 atom stereocenters. The largest absolute Gasteiger partial charge is 0.338 e. The lowest BCUT2D eigenvalue weighted by Crippen LogP contribution is -2.39. The molecule has 4 heterocycles. The molecule has 6 nitrogen and oxygen atoms in total. The molecule has 0 unspecified atom stereocenters. The van der Waals surface area contributed by atoms with E-state index in [0.717, 1.165) is 42.3 Å². The van der Waals surface area contributed by atoms with E-state index in [1.807, 2.05) is 17.0 Å². The van der Waals surface area contributed by atoms with Crippen molar-refractivity contribution in [2.75, 3.05) is 13.1 Å². The molecule has 1 aliphatic heterocycles. The van der Waals surface area contributed by atoms with Gasteiger partial charge in [-0.2, -0.15) is 0 Å². The fraction of sp³-hybridized carbons (Fsp3) is 0.412. The maximum Gasteiger partial charge on any atom is 0.255 e. The highest BCUT2D eigenvalue weighted by molar-refractivity contribution is 7.11.